The first kappa shape index (κ1) is 14.2. The van der Waals surface area contributed by atoms with Crippen molar-refractivity contribution >= 4 is 24.5 Å². The Morgan fingerprint density at radius 3 is 2.75 bits per heavy atom. The largest absolute Gasteiger partial charge is 0.506 e. The highest BCUT2D eigenvalue weighted by molar-refractivity contribution is 5.85. The smallest absolute Gasteiger partial charge is 0.450 e. The fourth-order valence-electron chi connectivity index (χ4n) is 0.870. The van der Waals surface area contributed by atoms with Crippen LogP contribution in [-0.2, 0) is 16.1 Å². The van der Waals surface area contributed by atoms with Gasteiger partial charge in [-0.2, -0.15) is 0 Å². The summed E-state index contributed by atoms with van der Waals surface area (Å²) in [5.41, 5.74) is 0.696. The van der Waals surface area contributed by atoms with E-state index in [1.165, 1.54) is 0 Å². The molecule has 16 heavy (non-hydrogen) atoms. The van der Waals surface area contributed by atoms with Crippen LogP contribution in [0.1, 0.15) is 5.69 Å². The van der Waals surface area contributed by atoms with Crippen molar-refractivity contribution in [3.63, 3.8) is 0 Å². The molecule has 0 aliphatic rings. The number of carboxylic acid groups (broad SMARTS) is 1. The van der Waals surface area contributed by atoms with E-state index < -0.39 is 18.7 Å². The van der Waals surface area contributed by atoms with Gasteiger partial charge in [-0.3, -0.25) is 9.78 Å². The zero-order chi connectivity index (χ0) is 11.1. The highest BCUT2D eigenvalue weighted by Gasteiger charge is 2.04. The summed E-state index contributed by atoms with van der Waals surface area (Å²) in [5.74, 6) is -0.497. The van der Waals surface area contributed by atoms with E-state index in [-0.39, 0.29) is 19.0 Å². The third kappa shape index (κ3) is 5.82. The van der Waals surface area contributed by atoms with Crippen molar-refractivity contribution in [2.24, 2.45) is 0 Å². The molecule has 7 heteroatoms. The van der Waals surface area contributed by atoms with Gasteiger partial charge in [0.25, 0.3) is 5.91 Å². The second-order valence-electron chi connectivity index (χ2n) is 2.65. The number of rotatable bonds is 4. The molecule has 6 nitrogen and oxygen atoms in total. The second kappa shape index (κ2) is 7.47. The molecule has 0 atom stereocenters. The molecule has 1 aromatic heterocycles. The van der Waals surface area contributed by atoms with Gasteiger partial charge in [0.1, 0.15) is 0 Å². The summed E-state index contributed by atoms with van der Waals surface area (Å²) in [4.78, 5) is 24.9. The number of nitrogens with zero attached hydrogens (tertiary/aromatic N) is 1. The van der Waals surface area contributed by atoms with Crippen molar-refractivity contribution in [3.05, 3.63) is 30.1 Å². The van der Waals surface area contributed by atoms with Crippen LogP contribution in [0.3, 0.4) is 0 Å². The Morgan fingerprint density at radius 1 is 1.44 bits per heavy atom. The van der Waals surface area contributed by atoms with Gasteiger partial charge in [-0.05, 0) is 12.1 Å². The third-order valence-electron chi connectivity index (χ3n) is 1.52. The molecule has 0 aliphatic carbocycles. The summed E-state index contributed by atoms with van der Waals surface area (Å²) < 4.78 is 4.08. The van der Waals surface area contributed by atoms with Crippen molar-refractivity contribution in [3.8, 4) is 0 Å². The van der Waals surface area contributed by atoms with E-state index in [0.717, 1.165) is 0 Å². The second-order valence-corrected chi connectivity index (χ2v) is 2.65. The number of aromatic nitrogens is 1. The van der Waals surface area contributed by atoms with Crippen molar-refractivity contribution in [1.82, 2.24) is 10.3 Å². The minimum absolute atomic E-state index is 0. The Hall–Kier alpha value is -1.82. The van der Waals surface area contributed by atoms with Gasteiger partial charge in [-0.15, -0.1) is 12.4 Å². The number of hydrogen-bond acceptors (Lipinski definition) is 4. The van der Waals surface area contributed by atoms with Gasteiger partial charge < -0.3 is 15.2 Å². The standard InChI is InChI=1S/C9H10N2O4.ClH/c12-8(6-15-9(13)14)11-5-7-3-1-2-4-10-7;/h1-4H,5-6H2,(H,11,12)(H,13,14);1H. The van der Waals surface area contributed by atoms with E-state index in [1.54, 1.807) is 24.4 Å². The van der Waals surface area contributed by atoms with Crippen LogP contribution in [0.4, 0.5) is 4.79 Å². The molecule has 2 N–H and O–H groups in total. The average molecular weight is 247 g/mol. The molecule has 0 unspecified atom stereocenters. The Labute approximate surface area is 98.0 Å². The number of amides is 1. The van der Waals surface area contributed by atoms with E-state index in [4.69, 9.17) is 5.11 Å². The molecule has 1 aromatic rings. The molecular formula is C9H11ClN2O4. The van der Waals surface area contributed by atoms with E-state index in [9.17, 15) is 9.59 Å². The number of pyridine rings is 1. The molecular weight excluding hydrogens is 236 g/mol. The van der Waals surface area contributed by atoms with Gasteiger partial charge in [0.05, 0.1) is 12.2 Å². The van der Waals surface area contributed by atoms with Crippen LogP contribution in [-0.4, -0.2) is 28.8 Å². The third-order valence-corrected chi connectivity index (χ3v) is 1.52. The number of carbonyl (C=O) groups excluding carboxylic acids is 1. The number of halogens is 1. The summed E-state index contributed by atoms with van der Waals surface area (Å²) >= 11 is 0. The quantitative estimate of drug-likeness (QED) is 0.768. The highest BCUT2D eigenvalue weighted by Crippen LogP contribution is 1.91. The van der Waals surface area contributed by atoms with E-state index in [0.29, 0.717) is 5.69 Å². The number of nitrogens with one attached hydrogen (secondary N) is 1. The normalized spacial score (nSPS) is 8.75. The van der Waals surface area contributed by atoms with Gasteiger partial charge >= 0.3 is 6.16 Å². The molecule has 0 bridgehead atoms. The van der Waals surface area contributed by atoms with Crippen LogP contribution in [0.25, 0.3) is 0 Å². The molecule has 0 spiro atoms. The summed E-state index contributed by atoms with van der Waals surface area (Å²) in [5, 5.41) is 10.6. The number of carbonyl (C=O) groups is 2. The van der Waals surface area contributed by atoms with Crippen LogP contribution in [0.2, 0.25) is 0 Å². The van der Waals surface area contributed by atoms with Gasteiger partial charge in [0, 0.05) is 6.20 Å². The SMILES string of the molecule is Cl.O=C(COC(=O)O)NCc1ccccn1. The monoisotopic (exact) mass is 246 g/mol. The molecule has 1 amide bonds. The van der Waals surface area contributed by atoms with Crippen LogP contribution in [0, 0.1) is 0 Å². The van der Waals surface area contributed by atoms with Gasteiger partial charge in [0.15, 0.2) is 6.61 Å². The van der Waals surface area contributed by atoms with Gasteiger partial charge in [-0.25, -0.2) is 4.79 Å². The minimum atomic E-state index is -1.47. The highest BCUT2D eigenvalue weighted by atomic mass is 35.5. The molecule has 1 rings (SSSR count). The Bertz CT molecular complexity index is 345. The summed E-state index contributed by atoms with van der Waals surface area (Å²) in [6.45, 7) is -0.245. The summed E-state index contributed by atoms with van der Waals surface area (Å²) in [6, 6.07) is 5.30. The van der Waals surface area contributed by atoms with Crippen LogP contribution < -0.4 is 5.32 Å². The lowest BCUT2D eigenvalue weighted by Crippen LogP contribution is -2.28. The first-order valence-electron chi connectivity index (χ1n) is 4.21. The fourth-order valence-corrected chi connectivity index (χ4v) is 0.870. The predicted octanol–water partition coefficient (Wildman–Crippen LogP) is 0.814. The number of hydrogen-bond donors (Lipinski definition) is 2. The molecule has 0 radical (unpaired) electrons. The topological polar surface area (TPSA) is 88.5 Å². The van der Waals surface area contributed by atoms with E-state index >= 15 is 0 Å². The van der Waals surface area contributed by atoms with Crippen molar-refractivity contribution in [2.45, 2.75) is 6.54 Å². The predicted molar refractivity (Wildman–Crippen MR) is 57.3 cm³/mol. The van der Waals surface area contributed by atoms with E-state index in [1.807, 2.05) is 0 Å². The maximum atomic E-state index is 11.0. The minimum Gasteiger partial charge on any atom is -0.450 e. The maximum absolute atomic E-state index is 11.0. The lowest BCUT2D eigenvalue weighted by atomic mass is 10.3. The van der Waals surface area contributed by atoms with Crippen molar-refractivity contribution < 1.29 is 19.4 Å². The van der Waals surface area contributed by atoms with Crippen molar-refractivity contribution in [2.75, 3.05) is 6.61 Å². The average Bonchev–Trinajstić information content (AvgIpc) is 2.25. The van der Waals surface area contributed by atoms with E-state index in [2.05, 4.69) is 15.0 Å². The summed E-state index contributed by atoms with van der Waals surface area (Å²) in [6.07, 6.45) is 0.137. The molecule has 88 valence electrons. The maximum Gasteiger partial charge on any atom is 0.506 e. The van der Waals surface area contributed by atoms with Crippen molar-refractivity contribution in [1.29, 1.82) is 0 Å². The first-order valence-corrected chi connectivity index (χ1v) is 4.21. The van der Waals surface area contributed by atoms with Crippen LogP contribution in [0.5, 0.6) is 0 Å². The zero-order valence-electron chi connectivity index (χ0n) is 8.25. The first-order chi connectivity index (χ1) is 7.18. The molecule has 1 heterocycles. The zero-order valence-corrected chi connectivity index (χ0v) is 9.07. The van der Waals surface area contributed by atoms with Gasteiger partial charge in [0.2, 0.25) is 0 Å². The molecule has 0 saturated heterocycles. The number of ether oxygens (including phenoxy) is 1. The summed E-state index contributed by atoms with van der Waals surface area (Å²) in [7, 11) is 0. The molecule has 0 fully saturated rings. The Balaban J connectivity index is 0.00000225. The molecule has 0 aromatic carbocycles. The Morgan fingerprint density at radius 2 is 2.19 bits per heavy atom. The van der Waals surface area contributed by atoms with Crippen LogP contribution in [0.15, 0.2) is 24.4 Å². The molecule has 0 aliphatic heterocycles. The molecule has 0 saturated carbocycles. The van der Waals surface area contributed by atoms with Gasteiger partial charge in [-0.1, -0.05) is 6.07 Å². The fraction of sp³-hybridized carbons (Fsp3) is 0.222. The Kier molecular flexibility index (Phi) is 6.62. The lowest BCUT2D eigenvalue weighted by Gasteiger charge is -2.03. The van der Waals surface area contributed by atoms with Crippen LogP contribution >= 0.6 is 12.4 Å². The lowest BCUT2D eigenvalue weighted by molar-refractivity contribution is -0.124.